The van der Waals surface area contributed by atoms with Gasteiger partial charge in [-0.25, -0.2) is 9.36 Å². The number of hydrogen-bond donors (Lipinski definition) is 5. The molecule has 1 fully saturated rings. The molecule has 1 saturated heterocycles. The van der Waals surface area contributed by atoms with Gasteiger partial charge in [0.1, 0.15) is 30.2 Å². The fourth-order valence-electron chi connectivity index (χ4n) is 4.45. The summed E-state index contributed by atoms with van der Waals surface area (Å²) in [5, 5.41) is 43.3. The summed E-state index contributed by atoms with van der Waals surface area (Å²) in [6.45, 7) is 1.22. The molecule has 202 valence electrons. The van der Waals surface area contributed by atoms with Crippen LogP contribution in [0.2, 0.25) is 0 Å². The number of aromatic nitrogens is 2. The minimum atomic E-state index is -1.55. The van der Waals surface area contributed by atoms with Crippen molar-refractivity contribution in [1.82, 2.24) is 9.55 Å². The average molecular weight is 534 g/mol. The molecule has 0 unspecified atom stereocenters. The fraction of sp³-hybridized carbons (Fsp3) is 0.250. The van der Waals surface area contributed by atoms with Crippen LogP contribution in [0.1, 0.15) is 5.56 Å². The van der Waals surface area contributed by atoms with Crippen molar-refractivity contribution in [3.63, 3.8) is 0 Å². The lowest BCUT2D eigenvalue weighted by Crippen LogP contribution is -2.60. The molecule has 2 aromatic heterocycles. The predicted octanol–water partition coefficient (Wildman–Crippen LogP) is 1.63. The summed E-state index contributed by atoms with van der Waals surface area (Å²) >= 11 is 0. The molecule has 1 amide bonds. The lowest BCUT2D eigenvalue weighted by atomic mass is 9.99. The lowest BCUT2D eigenvalue weighted by molar-refractivity contribution is -0.277. The van der Waals surface area contributed by atoms with Gasteiger partial charge in [0.25, 0.3) is 5.56 Å². The van der Waals surface area contributed by atoms with Crippen molar-refractivity contribution in [2.24, 2.45) is 0 Å². The van der Waals surface area contributed by atoms with Crippen LogP contribution in [0.3, 0.4) is 0 Å². The van der Waals surface area contributed by atoms with Gasteiger partial charge in [-0.2, -0.15) is 0 Å². The molecule has 39 heavy (non-hydrogen) atoms. The summed E-state index contributed by atoms with van der Waals surface area (Å²) in [4.78, 5) is 29.9. The van der Waals surface area contributed by atoms with E-state index in [9.17, 15) is 30.0 Å². The zero-order valence-electron chi connectivity index (χ0n) is 20.8. The number of aliphatic hydroxyl groups excluding tert-OH is 4. The molecule has 1 aliphatic heterocycles. The van der Waals surface area contributed by atoms with Crippen molar-refractivity contribution >= 4 is 22.5 Å². The summed E-state index contributed by atoms with van der Waals surface area (Å²) in [7, 11) is 0. The highest BCUT2D eigenvalue weighted by Gasteiger charge is 2.44. The van der Waals surface area contributed by atoms with E-state index in [-0.39, 0.29) is 0 Å². The minimum Gasteiger partial charge on any atom is -0.462 e. The maximum absolute atomic E-state index is 13.2. The van der Waals surface area contributed by atoms with Crippen LogP contribution in [0.5, 0.6) is 5.75 Å². The SMILES string of the molecule is Cc1cc(-c2ccc3ccn(C(=O)Nc4cccnc4)c(=O)c3c2)ccc1O[C@H]1O[C@H](CO)[C@@H](O)[C@H](O)[C@@H]1O. The van der Waals surface area contributed by atoms with Crippen LogP contribution in [0, 0.1) is 6.92 Å². The van der Waals surface area contributed by atoms with Gasteiger partial charge in [0.15, 0.2) is 0 Å². The molecule has 4 aromatic rings. The standard InChI is InChI=1S/C28H27N3O8/c1-15-11-17(6-7-21(15)38-27-25(35)24(34)23(33)22(14-32)39-27)18-5-4-16-8-10-31(26(36)20(16)12-18)28(37)30-19-3-2-9-29-13-19/h2-13,22-25,27,32-35H,14H2,1H3,(H,30,37)/t22-,23-,24+,25+,27+/m1/s1. The van der Waals surface area contributed by atoms with Gasteiger partial charge in [0.05, 0.1) is 18.5 Å². The Balaban J connectivity index is 1.40. The molecule has 0 aliphatic carbocycles. The van der Waals surface area contributed by atoms with E-state index in [1.165, 1.54) is 12.4 Å². The zero-order valence-corrected chi connectivity index (χ0v) is 20.8. The maximum atomic E-state index is 13.2. The number of benzene rings is 2. The van der Waals surface area contributed by atoms with Crippen LogP contribution in [0.4, 0.5) is 10.5 Å². The van der Waals surface area contributed by atoms with Gasteiger partial charge in [-0.15, -0.1) is 0 Å². The Morgan fingerprint density at radius 2 is 1.82 bits per heavy atom. The van der Waals surface area contributed by atoms with Crippen LogP contribution in [-0.2, 0) is 4.74 Å². The summed E-state index contributed by atoms with van der Waals surface area (Å²) in [6, 6.07) is 15.0. The van der Waals surface area contributed by atoms with Gasteiger partial charge < -0.3 is 35.2 Å². The number of carbonyl (C=O) groups excluding carboxylic acids is 1. The van der Waals surface area contributed by atoms with Gasteiger partial charge in [-0.1, -0.05) is 18.2 Å². The Kier molecular flexibility index (Phi) is 7.42. The van der Waals surface area contributed by atoms with Gasteiger partial charge >= 0.3 is 6.03 Å². The highest BCUT2D eigenvalue weighted by Crippen LogP contribution is 2.30. The van der Waals surface area contributed by atoms with Crippen LogP contribution in [-0.4, -0.2) is 73.3 Å². The summed E-state index contributed by atoms with van der Waals surface area (Å²) < 4.78 is 12.2. The van der Waals surface area contributed by atoms with Crippen LogP contribution >= 0.6 is 0 Å². The summed E-state index contributed by atoms with van der Waals surface area (Å²) in [5.74, 6) is 0.360. The molecule has 3 heterocycles. The van der Waals surface area contributed by atoms with E-state index in [2.05, 4.69) is 10.3 Å². The number of fused-ring (bicyclic) bond motifs is 1. The van der Waals surface area contributed by atoms with E-state index >= 15 is 0 Å². The van der Waals surface area contributed by atoms with Crippen molar-refractivity contribution in [1.29, 1.82) is 0 Å². The third-order valence-electron chi connectivity index (χ3n) is 6.64. The summed E-state index contributed by atoms with van der Waals surface area (Å²) in [6.07, 6.45) is -2.46. The first kappa shape index (κ1) is 26.5. The number of nitrogens with one attached hydrogen (secondary N) is 1. The normalized spacial score (nSPS) is 22.9. The Labute approximate surface area is 222 Å². The third kappa shape index (κ3) is 5.26. The molecule has 1 aliphatic rings. The number of anilines is 1. The summed E-state index contributed by atoms with van der Waals surface area (Å²) in [5.41, 5.74) is 2.16. The van der Waals surface area contributed by atoms with Crippen molar-refractivity contribution in [3.8, 4) is 16.9 Å². The predicted molar refractivity (Wildman–Crippen MR) is 141 cm³/mol. The number of nitrogens with zero attached hydrogens (tertiary/aromatic N) is 2. The Morgan fingerprint density at radius 1 is 1.05 bits per heavy atom. The number of rotatable bonds is 5. The first-order valence-corrected chi connectivity index (χ1v) is 12.2. The van der Waals surface area contributed by atoms with Crippen LogP contribution < -0.4 is 15.6 Å². The van der Waals surface area contributed by atoms with Gasteiger partial charge in [0.2, 0.25) is 6.29 Å². The molecular formula is C28H27N3O8. The quantitative estimate of drug-likeness (QED) is 0.257. The molecule has 11 nitrogen and oxygen atoms in total. The van der Waals surface area contributed by atoms with Gasteiger partial charge in [-0.3, -0.25) is 9.78 Å². The van der Waals surface area contributed by atoms with Gasteiger partial charge in [0, 0.05) is 17.8 Å². The largest absolute Gasteiger partial charge is 0.462 e. The van der Waals surface area contributed by atoms with Crippen molar-refractivity contribution in [2.45, 2.75) is 37.6 Å². The smallest absolute Gasteiger partial charge is 0.333 e. The van der Waals surface area contributed by atoms with E-state index in [0.29, 0.717) is 27.8 Å². The molecule has 5 rings (SSSR count). The van der Waals surface area contributed by atoms with Crippen LogP contribution in [0.25, 0.3) is 21.9 Å². The van der Waals surface area contributed by atoms with E-state index in [4.69, 9.17) is 9.47 Å². The number of aliphatic hydroxyl groups is 4. The Bertz CT molecular complexity index is 1560. The average Bonchev–Trinajstić information content (AvgIpc) is 2.94. The number of amides is 1. The molecule has 2 aromatic carbocycles. The molecule has 5 N–H and O–H groups in total. The number of carbonyl (C=O) groups is 1. The lowest BCUT2D eigenvalue weighted by Gasteiger charge is -2.39. The van der Waals surface area contributed by atoms with E-state index < -0.39 is 48.9 Å². The highest BCUT2D eigenvalue weighted by molar-refractivity contribution is 5.94. The first-order valence-electron chi connectivity index (χ1n) is 12.2. The number of aryl methyl sites for hydroxylation is 1. The van der Waals surface area contributed by atoms with Crippen molar-refractivity contribution < 1.29 is 34.7 Å². The number of pyridine rings is 2. The van der Waals surface area contributed by atoms with E-state index in [1.807, 2.05) is 12.1 Å². The monoisotopic (exact) mass is 533 g/mol. The highest BCUT2D eigenvalue weighted by atomic mass is 16.7. The second-order valence-electron chi connectivity index (χ2n) is 9.26. The number of ether oxygens (including phenoxy) is 2. The molecule has 0 bridgehead atoms. The van der Waals surface area contributed by atoms with Gasteiger partial charge in [-0.05, 0) is 65.4 Å². The van der Waals surface area contributed by atoms with Crippen molar-refractivity contribution in [3.05, 3.63) is 89.1 Å². The molecule has 5 atom stereocenters. The molecule has 11 heteroatoms. The van der Waals surface area contributed by atoms with E-state index in [0.717, 1.165) is 15.7 Å². The maximum Gasteiger partial charge on any atom is 0.333 e. The third-order valence-corrected chi connectivity index (χ3v) is 6.64. The molecule has 0 saturated carbocycles. The zero-order chi connectivity index (χ0) is 27.7. The Hall–Kier alpha value is -4.13. The van der Waals surface area contributed by atoms with E-state index in [1.54, 1.807) is 55.6 Å². The second kappa shape index (κ2) is 10.9. The van der Waals surface area contributed by atoms with Crippen LogP contribution in [0.15, 0.2) is 78.0 Å². The second-order valence-corrected chi connectivity index (χ2v) is 9.26. The Morgan fingerprint density at radius 3 is 2.54 bits per heavy atom. The topological polar surface area (TPSA) is 163 Å². The molecule has 0 radical (unpaired) electrons. The molecule has 0 spiro atoms. The first-order chi connectivity index (χ1) is 18.8. The molecular weight excluding hydrogens is 506 g/mol. The number of hydrogen-bond acceptors (Lipinski definition) is 9. The van der Waals surface area contributed by atoms with Crippen molar-refractivity contribution in [2.75, 3.05) is 11.9 Å². The fourth-order valence-corrected chi connectivity index (χ4v) is 4.45. The minimum absolute atomic E-state index is 0.357.